The molecular formula is C13H12N2O2. The Hall–Kier alpha value is -2.23. The van der Waals surface area contributed by atoms with Gasteiger partial charge in [0.2, 0.25) is 0 Å². The Morgan fingerprint density at radius 1 is 1.29 bits per heavy atom. The number of para-hydroxylation sites is 1. The van der Waals surface area contributed by atoms with Crippen LogP contribution in [0.4, 0.5) is 0 Å². The molecule has 0 unspecified atom stereocenters. The van der Waals surface area contributed by atoms with Crippen LogP contribution in [0.15, 0.2) is 36.9 Å². The summed E-state index contributed by atoms with van der Waals surface area (Å²) in [5.41, 5.74) is 2.20. The maximum absolute atomic E-state index is 11.0. The van der Waals surface area contributed by atoms with Crippen LogP contribution in [-0.2, 0) is 0 Å². The Balaban J connectivity index is 2.57. The van der Waals surface area contributed by atoms with E-state index in [9.17, 15) is 4.79 Å². The zero-order valence-electron chi connectivity index (χ0n) is 9.46. The highest BCUT2D eigenvalue weighted by Crippen LogP contribution is 2.31. The molecule has 0 aliphatic carbocycles. The molecule has 2 rings (SSSR count). The van der Waals surface area contributed by atoms with Crippen molar-refractivity contribution in [2.24, 2.45) is 0 Å². The van der Waals surface area contributed by atoms with Gasteiger partial charge in [0.05, 0.1) is 12.2 Å². The van der Waals surface area contributed by atoms with E-state index >= 15 is 0 Å². The molecular weight excluding hydrogens is 216 g/mol. The highest BCUT2D eigenvalue weighted by atomic mass is 16.5. The van der Waals surface area contributed by atoms with Crippen LogP contribution in [-0.4, -0.2) is 22.9 Å². The van der Waals surface area contributed by atoms with Gasteiger partial charge in [0.25, 0.3) is 0 Å². The quantitative estimate of drug-likeness (QED) is 0.754. The summed E-state index contributed by atoms with van der Waals surface area (Å²) in [5, 5.41) is 0. The molecule has 0 atom stereocenters. The van der Waals surface area contributed by atoms with Gasteiger partial charge in [-0.2, -0.15) is 0 Å². The van der Waals surface area contributed by atoms with Gasteiger partial charge in [0.1, 0.15) is 12.1 Å². The molecule has 4 nitrogen and oxygen atoms in total. The molecule has 1 aromatic heterocycles. The van der Waals surface area contributed by atoms with Crippen LogP contribution in [0.25, 0.3) is 11.1 Å². The third kappa shape index (κ3) is 2.30. The van der Waals surface area contributed by atoms with Gasteiger partial charge in [-0.25, -0.2) is 9.97 Å². The Labute approximate surface area is 99.3 Å². The Morgan fingerprint density at radius 3 is 2.71 bits per heavy atom. The minimum atomic E-state index is 0.506. The highest BCUT2D eigenvalue weighted by molar-refractivity contribution is 5.85. The summed E-state index contributed by atoms with van der Waals surface area (Å²) in [5.74, 6) is 0.583. The zero-order valence-corrected chi connectivity index (χ0v) is 9.46. The number of benzene rings is 1. The molecule has 1 aromatic carbocycles. The molecule has 0 aliphatic rings. The second kappa shape index (κ2) is 5.21. The van der Waals surface area contributed by atoms with Crippen molar-refractivity contribution in [3.05, 3.63) is 42.5 Å². The Bertz CT molecular complexity index is 512. The van der Waals surface area contributed by atoms with Crippen molar-refractivity contribution in [2.75, 3.05) is 6.61 Å². The normalized spacial score (nSPS) is 9.94. The first kappa shape index (κ1) is 11.3. The first-order valence-electron chi connectivity index (χ1n) is 5.33. The summed E-state index contributed by atoms with van der Waals surface area (Å²) in [7, 11) is 0. The molecule has 0 N–H and O–H groups in total. The second-order valence-corrected chi connectivity index (χ2v) is 3.40. The van der Waals surface area contributed by atoms with Gasteiger partial charge < -0.3 is 4.74 Å². The topological polar surface area (TPSA) is 52.1 Å². The molecule has 0 bridgehead atoms. The second-order valence-electron chi connectivity index (χ2n) is 3.40. The summed E-state index contributed by atoms with van der Waals surface area (Å²) in [6, 6.07) is 5.43. The van der Waals surface area contributed by atoms with Crippen LogP contribution >= 0.6 is 0 Å². The lowest BCUT2D eigenvalue weighted by molar-refractivity contribution is 0.112. The van der Waals surface area contributed by atoms with Crippen LogP contribution in [0, 0.1) is 0 Å². The van der Waals surface area contributed by atoms with Crippen molar-refractivity contribution < 1.29 is 9.53 Å². The van der Waals surface area contributed by atoms with Gasteiger partial charge in [-0.05, 0) is 13.0 Å². The minimum Gasteiger partial charge on any atom is -0.492 e. The molecule has 86 valence electrons. The molecule has 0 fully saturated rings. The lowest BCUT2D eigenvalue weighted by Crippen LogP contribution is -1.98. The summed E-state index contributed by atoms with van der Waals surface area (Å²) >= 11 is 0. The van der Waals surface area contributed by atoms with E-state index < -0.39 is 0 Å². The van der Waals surface area contributed by atoms with E-state index in [0.29, 0.717) is 17.9 Å². The van der Waals surface area contributed by atoms with Gasteiger partial charge in [-0.3, -0.25) is 4.79 Å². The first-order chi connectivity index (χ1) is 8.36. The number of carbonyl (C=O) groups excluding carboxylic acids is 1. The third-order valence-electron chi connectivity index (χ3n) is 2.33. The number of rotatable bonds is 4. The number of ether oxygens (including phenoxy) is 1. The average Bonchev–Trinajstić information content (AvgIpc) is 2.40. The molecule has 0 saturated carbocycles. The fourth-order valence-corrected chi connectivity index (χ4v) is 1.62. The fourth-order valence-electron chi connectivity index (χ4n) is 1.62. The van der Waals surface area contributed by atoms with Gasteiger partial charge in [-0.1, -0.05) is 12.1 Å². The fraction of sp³-hybridized carbons (Fsp3) is 0.154. The number of aldehydes is 1. The SMILES string of the molecule is CCOc1c(C=O)cccc1-c1cncnc1. The van der Waals surface area contributed by atoms with Crippen molar-refractivity contribution >= 4 is 6.29 Å². The lowest BCUT2D eigenvalue weighted by Gasteiger charge is -2.11. The molecule has 0 saturated heterocycles. The molecule has 0 spiro atoms. The number of nitrogens with zero attached hydrogens (tertiary/aromatic N) is 2. The van der Waals surface area contributed by atoms with Crippen LogP contribution in [0.1, 0.15) is 17.3 Å². The Morgan fingerprint density at radius 2 is 2.06 bits per heavy atom. The lowest BCUT2D eigenvalue weighted by atomic mass is 10.0. The van der Waals surface area contributed by atoms with E-state index in [1.54, 1.807) is 18.5 Å². The zero-order chi connectivity index (χ0) is 12.1. The Kier molecular flexibility index (Phi) is 3.45. The van der Waals surface area contributed by atoms with E-state index in [1.807, 2.05) is 19.1 Å². The summed E-state index contributed by atoms with van der Waals surface area (Å²) < 4.78 is 5.53. The van der Waals surface area contributed by atoms with E-state index in [0.717, 1.165) is 17.4 Å². The standard InChI is InChI=1S/C13H12N2O2/c1-2-17-13-10(8-16)4-3-5-12(13)11-6-14-9-15-7-11/h3-9H,2H2,1H3. The van der Waals surface area contributed by atoms with Crippen LogP contribution in [0.2, 0.25) is 0 Å². The maximum atomic E-state index is 11.0. The number of aromatic nitrogens is 2. The average molecular weight is 228 g/mol. The summed E-state index contributed by atoms with van der Waals surface area (Å²) in [6.45, 7) is 2.39. The predicted octanol–water partition coefficient (Wildman–Crippen LogP) is 2.35. The highest BCUT2D eigenvalue weighted by Gasteiger charge is 2.10. The van der Waals surface area contributed by atoms with Crippen LogP contribution in [0.3, 0.4) is 0 Å². The molecule has 1 heterocycles. The van der Waals surface area contributed by atoms with E-state index in [1.165, 1.54) is 6.33 Å². The summed E-state index contributed by atoms with van der Waals surface area (Å²) in [6.07, 6.45) is 5.64. The van der Waals surface area contributed by atoms with Crippen molar-refractivity contribution in [1.29, 1.82) is 0 Å². The molecule has 4 heteroatoms. The molecule has 0 amide bonds. The first-order valence-corrected chi connectivity index (χ1v) is 5.33. The van der Waals surface area contributed by atoms with Crippen LogP contribution < -0.4 is 4.74 Å². The molecule has 0 radical (unpaired) electrons. The van der Waals surface area contributed by atoms with E-state index in [2.05, 4.69) is 9.97 Å². The summed E-state index contributed by atoms with van der Waals surface area (Å²) in [4.78, 5) is 18.9. The monoisotopic (exact) mass is 228 g/mol. The largest absolute Gasteiger partial charge is 0.492 e. The molecule has 17 heavy (non-hydrogen) atoms. The molecule has 2 aromatic rings. The van der Waals surface area contributed by atoms with Gasteiger partial charge >= 0.3 is 0 Å². The van der Waals surface area contributed by atoms with Crippen molar-refractivity contribution in [1.82, 2.24) is 9.97 Å². The van der Waals surface area contributed by atoms with E-state index in [4.69, 9.17) is 4.74 Å². The van der Waals surface area contributed by atoms with Gasteiger partial charge in [0, 0.05) is 23.5 Å². The number of hydrogen-bond donors (Lipinski definition) is 0. The molecule has 0 aliphatic heterocycles. The number of carbonyl (C=O) groups is 1. The number of hydrogen-bond acceptors (Lipinski definition) is 4. The maximum Gasteiger partial charge on any atom is 0.153 e. The van der Waals surface area contributed by atoms with Crippen LogP contribution in [0.5, 0.6) is 5.75 Å². The third-order valence-corrected chi connectivity index (χ3v) is 2.33. The minimum absolute atomic E-state index is 0.506. The predicted molar refractivity (Wildman–Crippen MR) is 64.0 cm³/mol. The van der Waals surface area contributed by atoms with Gasteiger partial charge in [-0.15, -0.1) is 0 Å². The van der Waals surface area contributed by atoms with Crippen molar-refractivity contribution in [3.8, 4) is 16.9 Å². The van der Waals surface area contributed by atoms with Crippen molar-refractivity contribution in [2.45, 2.75) is 6.92 Å². The van der Waals surface area contributed by atoms with E-state index in [-0.39, 0.29) is 0 Å². The smallest absolute Gasteiger partial charge is 0.153 e. The van der Waals surface area contributed by atoms with Crippen molar-refractivity contribution in [3.63, 3.8) is 0 Å². The van der Waals surface area contributed by atoms with Gasteiger partial charge in [0.15, 0.2) is 6.29 Å².